The van der Waals surface area contributed by atoms with Gasteiger partial charge in [-0.05, 0) is 30.9 Å². The molecule has 0 aliphatic carbocycles. The van der Waals surface area contributed by atoms with Gasteiger partial charge in [0, 0.05) is 24.5 Å². The van der Waals surface area contributed by atoms with Crippen molar-refractivity contribution in [2.75, 3.05) is 6.54 Å². The van der Waals surface area contributed by atoms with E-state index < -0.39 is 5.41 Å². The van der Waals surface area contributed by atoms with Crippen LogP contribution in [0.3, 0.4) is 0 Å². The van der Waals surface area contributed by atoms with E-state index in [2.05, 4.69) is 29.1 Å². The molecule has 0 spiro atoms. The van der Waals surface area contributed by atoms with Crippen molar-refractivity contribution in [3.63, 3.8) is 0 Å². The Hall–Kier alpha value is -2.23. The Morgan fingerprint density at radius 3 is 2.23 bits per heavy atom. The molecular formula is C18H23N3O. The summed E-state index contributed by atoms with van der Waals surface area (Å²) in [4.78, 5) is 20.4. The second-order valence-electron chi connectivity index (χ2n) is 6.43. The van der Waals surface area contributed by atoms with Crippen molar-refractivity contribution in [3.05, 3.63) is 48.5 Å². The molecule has 0 bridgehead atoms. The van der Waals surface area contributed by atoms with Crippen LogP contribution in [-0.4, -0.2) is 22.4 Å². The third-order valence-electron chi connectivity index (χ3n) is 3.74. The lowest BCUT2D eigenvalue weighted by Gasteiger charge is -2.25. The number of carbonyl (C=O) groups is 1. The van der Waals surface area contributed by atoms with Crippen molar-refractivity contribution in [3.8, 4) is 11.1 Å². The first kappa shape index (κ1) is 16.1. The van der Waals surface area contributed by atoms with E-state index in [4.69, 9.17) is 0 Å². The van der Waals surface area contributed by atoms with Crippen molar-refractivity contribution in [2.45, 2.75) is 33.1 Å². The molecule has 0 aliphatic heterocycles. The van der Waals surface area contributed by atoms with Gasteiger partial charge in [0.1, 0.15) is 6.33 Å². The molecule has 4 nitrogen and oxygen atoms in total. The molecule has 2 rings (SSSR count). The quantitative estimate of drug-likeness (QED) is 0.922. The summed E-state index contributed by atoms with van der Waals surface area (Å²) in [5.74, 6) is 0.497. The fourth-order valence-corrected chi connectivity index (χ4v) is 2.18. The number of aromatic nitrogens is 2. The van der Waals surface area contributed by atoms with Gasteiger partial charge in [-0.15, -0.1) is 0 Å². The molecule has 1 aromatic heterocycles. The lowest BCUT2D eigenvalue weighted by atomic mass is 9.83. The maximum absolute atomic E-state index is 12.4. The number of amides is 1. The third-order valence-corrected chi connectivity index (χ3v) is 3.74. The van der Waals surface area contributed by atoms with E-state index in [-0.39, 0.29) is 5.91 Å². The average Bonchev–Trinajstić information content (AvgIpc) is 2.53. The van der Waals surface area contributed by atoms with Gasteiger partial charge in [0.15, 0.2) is 0 Å². The van der Waals surface area contributed by atoms with Gasteiger partial charge in [-0.3, -0.25) is 4.79 Å². The number of benzene rings is 1. The van der Waals surface area contributed by atoms with E-state index in [1.165, 1.54) is 6.33 Å². The molecule has 0 atom stereocenters. The zero-order valence-electron chi connectivity index (χ0n) is 13.6. The molecule has 4 heteroatoms. The smallest absolute Gasteiger partial charge is 0.230 e. The van der Waals surface area contributed by atoms with Gasteiger partial charge in [0.25, 0.3) is 0 Å². The summed E-state index contributed by atoms with van der Waals surface area (Å²) >= 11 is 0. The SMILES string of the molecule is CC(C)CNC(=O)C(C)(C)c1ccc(-c2cncnc2)cc1. The summed E-state index contributed by atoms with van der Waals surface area (Å²) in [5, 5.41) is 3.01. The van der Waals surface area contributed by atoms with E-state index in [1.54, 1.807) is 12.4 Å². The third kappa shape index (κ3) is 3.70. The fourth-order valence-electron chi connectivity index (χ4n) is 2.18. The predicted octanol–water partition coefficient (Wildman–Crippen LogP) is 3.19. The maximum atomic E-state index is 12.4. The van der Waals surface area contributed by atoms with Crippen LogP contribution in [-0.2, 0) is 10.2 Å². The standard InChI is InChI=1S/C18H23N3O/c1-13(2)9-21-17(22)18(3,4)16-7-5-14(6-8-16)15-10-19-12-20-11-15/h5-8,10-13H,9H2,1-4H3,(H,21,22). The summed E-state index contributed by atoms with van der Waals surface area (Å²) in [5.41, 5.74) is 2.45. The molecule has 0 saturated carbocycles. The first-order valence-corrected chi connectivity index (χ1v) is 7.55. The molecule has 1 aromatic carbocycles. The number of hydrogen-bond acceptors (Lipinski definition) is 3. The largest absolute Gasteiger partial charge is 0.355 e. The van der Waals surface area contributed by atoms with E-state index >= 15 is 0 Å². The molecule has 0 fully saturated rings. The van der Waals surface area contributed by atoms with Crippen LogP contribution in [0.1, 0.15) is 33.3 Å². The minimum Gasteiger partial charge on any atom is -0.355 e. The van der Waals surface area contributed by atoms with Gasteiger partial charge in [-0.2, -0.15) is 0 Å². The number of hydrogen-bond donors (Lipinski definition) is 1. The molecule has 1 amide bonds. The highest BCUT2D eigenvalue weighted by Gasteiger charge is 2.29. The van der Waals surface area contributed by atoms with Gasteiger partial charge < -0.3 is 5.32 Å². The summed E-state index contributed by atoms with van der Waals surface area (Å²) < 4.78 is 0. The van der Waals surface area contributed by atoms with E-state index in [0.717, 1.165) is 16.7 Å². The predicted molar refractivity (Wildman–Crippen MR) is 88.3 cm³/mol. The van der Waals surface area contributed by atoms with Crippen LogP contribution in [0, 0.1) is 5.92 Å². The summed E-state index contributed by atoms with van der Waals surface area (Å²) in [6.45, 7) is 8.77. The van der Waals surface area contributed by atoms with Crippen LogP contribution < -0.4 is 5.32 Å². The zero-order valence-corrected chi connectivity index (χ0v) is 13.6. The first-order chi connectivity index (χ1) is 10.4. The molecule has 0 aliphatic rings. The average molecular weight is 297 g/mol. The zero-order chi connectivity index (χ0) is 16.2. The van der Waals surface area contributed by atoms with E-state index in [9.17, 15) is 4.79 Å². The van der Waals surface area contributed by atoms with Crippen LogP contribution in [0.25, 0.3) is 11.1 Å². The van der Waals surface area contributed by atoms with Crippen molar-refractivity contribution in [2.24, 2.45) is 5.92 Å². The van der Waals surface area contributed by atoms with Crippen LogP contribution in [0.4, 0.5) is 0 Å². The Morgan fingerprint density at radius 1 is 1.09 bits per heavy atom. The van der Waals surface area contributed by atoms with Crippen molar-refractivity contribution in [1.29, 1.82) is 0 Å². The summed E-state index contributed by atoms with van der Waals surface area (Å²) in [6.07, 6.45) is 5.07. The molecule has 22 heavy (non-hydrogen) atoms. The number of nitrogens with zero attached hydrogens (tertiary/aromatic N) is 2. The summed E-state index contributed by atoms with van der Waals surface area (Å²) in [6, 6.07) is 8.01. The van der Waals surface area contributed by atoms with E-state index in [0.29, 0.717) is 12.5 Å². The molecule has 2 aromatic rings. The molecule has 0 saturated heterocycles. The second kappa shape index (κ2) is 6.69. The molecule has 116 valence electrons. The molecule has 1 heterocycles. The Balaban J connectivity index is 2.17. The van der Waals surface area contributed by atoms with Crippen LogP contribution >= 0.6 is 0 Å². The number of carbonyl (C=O) groups excluding carboxylic acids is 1. The van der Waals surface area contributed by atoms with Gasteiger partial charge in [-0.25, -0.2) is 9.97 Å². The summed E-state index contributed by atoms with van der Waals surface area (Å²) in [7, 11) is 0. The van der Waals surface area contributed by atoms with Gasteiger partial charge in [0.05, 0.1) is 5.41 Å². The Labute approximate surface area is 132 Å². The monoisotopic (exact) mass is 297 g/mol. The maximum Gasteiger partial charge on any atom is 0.230 e. The first-order valence-electron chi connectivity index (χ1n) is 7.55. The normalized spacial score (nSPS) is 11.5. The van der Waals surface area contributed by atoms with Gasteiger partial charge >= 0.3 is 0 Å². The lowest BCUT2D eigenvalue weighted by Crippen LogP contribution is -2.41. The highest BCUT2D eigenvalue weighted by molar-refractivity contribution is 5.87. The molecule has 0 unspecified atom stereocenters. The van der Waals surface area contributed by atoms with Crippen LogP contribution in [0.2, 0.25) is 0 Å². The van der Waals surface area contributed by atoms with Crippen molar-refractivity contribution >= 4 is 5.91 Å². The minimum absolute atomic E-state index is 0.0528. The topological polar surface area (TPSA) is 54.9 Å². The number of rotatable bonds is 5. The van der Waals surface area contributed by atoms with Crippen molar-refractivity contribution < 1.29 is 4.79 Å². The Kier molecular flexibility index (Phi) is 4.91. The lowest BCUT2D eigenvalue weighted by molar-refractivity contribution is -0.125. The Bertz CT molecular complexity index is 619. The number of nitrogens with one attached hydrogen (secondary N) is 1. The molecule has 0 radical (unpaired) electrons. The second-order valence-corrected chi connectivity index (χ2v) is 6.43. The van der Waals surface area contributed by atoms with Gasteiger partial charge in [0.2, 0.25) is 5.91 Å². The van der Waals surface area contributed by atoms with Crippen molar-refractivity contribution in [1.82, 2.24) is 15.3 Å². The fraction of sp³-hybridized carbons (Fsp3) is 0.389. The minimum atomic E-state index is -0.555. The van der Waals surface area contributed by atoms with Crippen LogP contribution in [0.5, 0.6) is 0 Å². The molecular weight excluding hydrogens is 274 g/mol. The van der Waals surface area contributed by atoms with E-state index in [1.807, 2.05) is 38.1 Å². The van der Waals surface area contributed by atoms with Gasteiger partial charge in [-0.1, -0.05) is 38.1 Å². The highest BCUT2D eigenvalue weighted by atomic mass is 16.2. The highest BCUT2D eigenvalue weighted by Crippen LogP contribution is 2.26. The van der Waals surface area contributed by atoms with Crippen LogP contribution in [0.15, 0.2) is 43.0 Å². The molecule has 1 N–H and O–H groups in total. The Morgan fingerprint density at radius 2 is 1.68 bits per heavy atom.